The number of nitrogens with zero attached hydrogens (tertiary/aromatic N) is 4. The lowest BCUT2D eigenvalue weighted by molar-refractivity contribution is -0.384. The van der Waals surface area contributed by atoms with Crippen LogP contribution in [0, 0.1) is 10.1 Å². The normalized spacial score (nSPS) is 17.7. The number of benzene rings is 2. The number of rotatable bonds is 5. The van der Waals surface area contributed by atoms with Crippen molar-refractivity contribution in [3.05, 3.63) is 69.8 Å². The molecular formula is C23H28N4O3. The third kappa shape index (κ3) is 4.62. The van der Waals surface area contributed by atoms with Crippen LogP contribution in [-0.4, -0.2) is 59.9 Å². The topological polar surface area (TPSA) is 69.9 Å². The van der Waals surface area contributed by atoms with Gasteiger partial charge in [-0.1, -0.05) is 30.3 Å². The Kier molecular flexibility index (Phi) is 6.28. The molecule has 0 aliphatic carbocycles. The van der Waals surface area contributed by atoms with E-state index in [0.29, 0.717) is 24.3 Å². The largest absolute Gasteiger partial charge is 0.366 e. The van der Waals surface area contributed by atoms with Crippen molar-refractivity contribution < 1.29 is 9.72 Å². The van der Waals surface area contributed by atoms with E-state index in [2.05, 4.69) is 21.9 Å². The van der Waals surface area contributed by atoms with Gasteiger partial charge in [0.15, 0.2) is 0 Å². The van der Waals surface area contributed by atoms with Crippen molar-refractivity contribution >= 4 is 17.3 Å². The van der Waals surface area contributed by atoms with Crippen LogP contribution < -0.4 is 4.90 Å². The predicted octanol–water partition coefficient (Wildman–Crippen LogP) is 3.54. The standard InChI is InChI=1S/C23H28N4O3/c28-23(26-15-13-24(14-16-26)18-19-7-3-1-4-8-19)20-9-10-21(22(17-20)27(29)30)25-11-5-2-6-12-25/h1,3-4,7-10,17H,2,5-6,11-16,18H2. The monoisotopic (exact) mass is 408 g/mol. The lowest BCUT2D eigenvalue weighted by Gasteiger charge is -2.35. The zero-order valence-electron chi connectivity index (χ0n) is 17.2. The summed E-state index contributed by atoms with van der Waals surface area (Å²) in [6.07, 6.45) is 3.26. The predicted molar refractivity (Wildman–Crippen MR) is 117 cm³/mol. The maximum absolute atomic E-state index is 13.0. The first-order chi connectivity index (χ1) is 14.6. The molecule has 4 rings (SSSR count). The Bertz CT molecular complexity index is 889. The molecule has 2 aromatic carbocycles. The fourth-order valence-electron chi connectivity index (χ4n) is 4.34. The number of amides is 1. The van der Waals surface area contributed by atoms with E-state index in [-0.39, 0.29) is 16.5 Å². The van der Waals surface area contributed by atoms with Crippen LogP contribution in [0.3, 0.4) is 0 Å². The van der Waals surface area contributed by atoms with E-state index in [1.165, 1.54) is 11.6 Å². The van der Waals surface area contributed by atoms with Crippen LogP contribution in [0.25, 0.3) is 0 Å². The van der Waals surface area contributed by atoms with E-state index in [4.69, 9.17) is 0 Å². The molecule has 7 heteroatoms. The fourth-order valence-corrected chi connectivity index (χ4v) is 4.34. The molecule has 2 aliphatic rings. The summed E-state index contributed by atoms with van der Waals surface area (Å²) < 4.78 is 0. The lowest BCUT2D eigenvalue weighted by atomic mass is 10.1. The second-order valence-electron chi connectivity index (χ2n) is 8.06. The molecule has 0 saturated carbocycles. The molecule has 2 aromatic rings. The van der Waals surface area contributed by atoms with Crippen molar-refractivity contribution in [2.75, 3.05) is 44.2 Å². The van der Waals surface area contributed by atoms with Crippen LogP contribution >= 0.6 is 0 Å². The van der Waals surface area contributed by atoms with E-state index < -0.39 is 0 Å². The summed E-state index contributed by atoms with van der Waals surface area (Å²) in [6.45, 7) is 5.40. The highest BCUT2D eigenvalue weighted by Crippen LogP contribution is 2.31. The molecule has 30 heavy (non-hydrogen) atoms. The molecule has 0 atom stereocenters. The van der Waals surface area contributed by atoms with E-state index >= 15 is 0 Å². The molecule has 0 radical (unpaired) electrons. The van der Waals surface area contributed by atoms with Gasteiger partial charge in [0.2, 0.25) is 0 Å². The van der Waals surface area contributed by atoms with Crippen LogP contribution in [-0.2, 0) is 6.54 Å². The van der Waals surface area contributed by atoms with Gasteiger partial charge in [-0.3, -0.25) is 19.8 Å². The third-order valence-corrected chi connectivity index (χ3v) is 6.02. The van der Waals surface area contributed by atoms with Gasteiger partial charge in [0.25, 0.3) is 11.6 Å². The van der Waals surface area contributed by atoms with Crippen molar-refractivity contribution in [1.29, 1.82) is 0 Å². The minimum absolute atomic E-state index is 0.0328. The van der Waals surface area contributed by atoms with Gasteiger partial charge in [-0.05, 0) is 37.0 Å². The number of piperazine rings is 1. The second-order valence-corrected chi connectivity index (χ2v) is 8.06. The van der Waals surface area contributed by atoms with Gasteiger partial charge in [-0.25, -0.2) is 0 Å². The maximum Gasteiger partial charge on any atom is 0.293 e. The molecule has 7 nitrogen and oxygen atoms in total. The number of nitro benzene ring substituents is 1. The molecule has 2 fully saturated rings. The number of hydrogen-bond donors (Lipinski definition) is 0. The van der Waals surface area contributed by atoms with Gasteiger partial charge in [0, 0.05) is 57.4 Å². The van der Waals surface area contributed by atoms with Gasteiger partial charge >= 0.3 is 0 Å². The summed E-state index contributed by atoms with van der Waals surface area (Å²) in [6, 6.07) is 15.3. The molecule has 0 aromatic heterocycles. The van der Waals surface area contributed by atoms with E-state index in [0.717, 1.165) is 52.0 Å². The zero-order valence-corrected chi connectivity index (χ0v) is 17.2. The molecule has 0 bridgehead atoms. The Labute approximate surface area is 177 Å². The van der Waals surface area contributed by atoms with E-state index in [1.807, 2.05) is 18.2 Å². The van der Waals surface area contributed by atoms with E-state index in [9.17, 15) is 14.9 Å². The molecule has 1 amide bonds. The number of anilines is 1. The number of piperidine rings is 1. The first-order valence-corrected chi connectivity index (χ1v) is 10.7. The van der Waals surface area contributed by atoms with Gasteiger partial charge in [-0.2, -0.15) is 0 Å². The first-order valence-electron chi connectivity index (χ1n) is 10.7. The average Bonchev–Trinajstić information content (AvgIpc) is 2.80. The number of carbonyl (C=O) groups is 1. The highest BCUT2D eigenvalue weighted by atomic mass is 16.6. The van der Waals surface area contributed by atoms with Gasteiger partial charge in [0.1, 0.15) is 5.69 Å². The Hall–Kier alpha value is -2.93. The van der Waals surface area contributed by atoms with Crippen molar-refractivity contribution in [3.8, 4) is 0 Å². The Morgan fingerprint density at radius 1 is 0.900 bits per heavy atom. The molecule has 2 aliphatic heterocycles. The molecule has 0 unspecified atom stereocenters. The molecule has 0 N–H and O–H groups in total. The van der Waals surface area contributed by atoms with Crippen LogP contribution in [0.2, 0.25) is 0 Å². The Morgan fingerprint density at radius 3 is 2.27 bits per heavy atom. The molecule has 0 spiro atoms. The van der Waals surface area contributed by atoms with Crippen LogP contribution in [0.5, 0.6) is 0 Å². The summed E-state index contributed by atoms with van der Waals surface area (Å²) >= 11 is 0. The summed E-state index contributed by atoms with van der Waals surface area (Å²) in [5.41, 5.74) is 2.33. The fraction of sp³-hybridized carbons (Fsp3) is 0.435. The minimum atomic E-state index is -0.363. The van der Waals surface area contributed by atoms with Gasteiger partial charge in [0.05, 0.1) is 4.92 Å². The Balaban J connectivity index is 1.42. The molecule has 2 heterocycles. The Morgan fingerprint density at radius 2 is 1.60 bits per heavy atom. The molecule has 158 valence electrons. The second kappa shape index (κ2) is 9.26. The molecular weight excluding hydrogens is 380 g/mol. The van der Waals surface area contributed by atoms with Crippen molar-refractivity contribution in [2.24, 2.45) is 0 Å². The van der Waals surface area contributed by atoms with Crippen molar-refractivity contribution in [2.45, 2.75) is 25.8 Å². The number of nitro groups is 1. The van der Waals surface area contributed by atoms with Crippen molar-refractivity contribution in [1.82, 2.24) is 9.80 Å². The average molecular weight is 409 g/mol. The maximum atomic E-state index is 13.0. The van der Waals surface area contributed by atoms with Crippen molar-refractivity contribution in [3.63, 3.8) is 0 Å². The van der Waals surface area contributed by atoms with Crippen LogP contribution in [0.15, 0.2) is 48.5 Å². The minimum Gasteiger partial charge on any atom is -0.366 e. The highest BCUT2D eigenvalue weighted by molar-refractivity contribution is 5.96. The summed E-state index contributed by atoms with van der Waals surface area (Å²) in [7, 11) is 0. The molecule has 2 saturated heterocycles. The zero-order chi connectivity index (χ0) is 20.9. The number of hydrogen-bond acceptors (Lipinski definition) is 5. The lowest BCUT2D eigenvalue weighted by Crippen LogP contribution is -2.48. The van der Waals surface area contributed by atoms with Crippen LogP contribution in [0.4, 0.5) is 11.4 Å². The smallest absolute Gasteiger partial charge is 0.293 e. The van der Waals surface area contributed by atoms with Gasteiger partial charge in [-0.15, -0.1) is 0 Å². The van der Waals surface area contributed by atoms with Gasteiger partial charge < -0.3 is 9.80 Å². The SMILES string of the molecule is O=C(c1ccc(N2CCCCC2)c([N+](=O)[O-])c1)N1CCN(Cc2ccccc2)CC1. The van der Waals surface area contributed by atoms with E-state index in [1.54, 1.807) is 17.0 Å². The highest BCUT2D eigenvalue weighted by Gasteiger charge is 2.26. The summed E-state index contributed by atoms with van der Waals surface area (Å²) in [5.74, 6) is -0.123. The summed E-state index contributed by atoms with van der Waals surface area (Å²) in [5, 5.41) is 11.7. The quantitative estimate of drug-likeness (QED) is 0.559. The third-order valence-electron chi connectivity index (χ3n) is 6.02. The summed E-state index contributed by atoms with van der Waals surface area (Å²) in [4.78, 5) is 30.5. The van der Waals surface area contributed by atoms with Crippen LogP contribution in [0.1, 0.15) is 35.2 Å². The first kappa shape index (κ1) is 20.3. The number of carbonyl (C=O) groups excluding carboxylic acids is 1.